The number of nitrogens with zero attached hydrogens (tertiary/aromatic N) is 4. The molecule has 9 rings (SSSR count). The van der Waals surface area contributed by atoms with Gasteiger partial charge in [0, 0.05) is 105 Å². The summed E-state index contributed by atoms with van der Waals surface area (Å²) in [6.45, 7) is 6.19. The number of piperidine rings is 1. The van der Waals surface area contributed by atoms with Gasteiger partial charge in [-0.2, -0.15) is 5.10 Å². The Bertz CT molecular complexity index is 2740. The smallest absolute Gasteiger partial charge is 0.249 e. The van der Waals surface area contributed by atoms with Gasteiger partial charge in [0.15, 0.2) is 17.2 Å². The molecule has 1 aromatic heterocycles. The highest BCUT2D eigenvalue weighted by molar-refractivity contribution is 6.34. The number of rotatable bonds is 13. The molecule has 4 aliphatic rings. The number of aryl methyl sites for hydroxylation is 1. The molecular formula is C50H54ClF2N7O7. The van der Waals surface area contributed by atoms with Crippen LogP contribution < -0.4 is 30.6 Å². The van der Waals surface area contributed by atoms with E-state index in [1.165, 1.54) is 25.3 Å². The van der Waals surface area contributed by atoms with Crippen LogP contribution in [0.5, 0.6) is 17.2 Å². The minimum absolute atomic E-state index is 0.0102. The van der Waals surface area contributed by atoms with E-state index in [4.69, 9.17) is 31.5 Å². The number of fused-ring (bicyclic) bond motifs is 2. The summed E-state index contributed by atoms with van der Waals surface area (Å²) in [4.78, 5) is 55.0. The van der Waals surface area contributed by atoms with Gasteiger partial charge in [0.2, 0.25) is 23.6 Å². The Morgan fingerprint density at radius 2 is 1.73 bits per heavy atom. The Morgan fingerprint density at radius 1 is 0.985 bits per heavy atom. The molecule has 3 aliphatic heterocycles. The first-order valence-corrected chi connectivity index (χ1v) is 23.3. The van der Waals surface area contributed by atoms with Gasteiger partial charge in [0.1, 0.15) is 23.9 Å². The molecule has 352 valence electrons. The Kier molecular flexibility index (Phi) is 13.0. The highest BCUT2D eigenvalue weighted by atomic mass is 35.5. The Morgan fingerprint density at radius 3 is 2.43 bits per heavy atom. The summed E-state index contributed by atoms with van der Waals surface area (Å²) in [5.74, 6) is -3.36. The van der Waals surface area contributed by atoms with Gasteiger partial charge in [0.25, 0.3) is 0 Å². The maximum Gasteiger partial charge on any atom is 0.249 e. The van der Waals surface area contributed by atoms with E-state index in [-0.39, 0.29) is 69.3 Å². The summed E-state index contributed by atoms with van der Waals surface area (Å²) in [7, 11) is 3.13. The lowest BCUT2D eigenvalue weighted by Gasteiger charge is -2.39. The first-order valence-electron chi connectivity index (χ1n) is 22.9. The molecule has 2 saturated heterocycles. The number of hydrogen-bond donors (Lipinski definition) is 3. The van der Waals surface area contributed by atoms with Crippen LogP contribution in [0.3, 0.4) is 0 Å². The molecule has 0 radical (unpaired) electrons. The maximum atomic E-state index is 16.2. The molecule has 0 bridgehead atoms. The second-order valence-corrected chi connectivity index (χ2v) is 18.4. The number of carbonyl (C=O) groups excluding carboxylic acids is 4. The number of primary amides is 1. The summed E-state index contributed by atoms with van der Waals surface area (Å²) in [6.07, 6.45) is 3.71. The number of aromatic nitrogens is 2. The van der Waals surface area contributed by atoms with E-state index in [0.717, 1.165) is 55.2 Å². The Labute approximate surface area is 392 Å². The quantitative estimate of drug-likeness (QED) is 0.110. The summed E-state index contributed by atoms with van der Waals surface area (Å²) in [5, 5.41) is 11.3. The van der Waals surface area contributed by atoms with Crippen LogP contribution in [0.4, 0.5) is 8.78 Å². The molecule has 4 amide bonds. The number of amides is 4. The largest absolute Gasteiger partial charge is 0.494 e. The number of methoxy groups -OCH3 is 1. The average Bonchev–Trinajstić information content (AvgIpc) is 3.81. The molecule has 14 nitrogen and oxygen atoms in total. The third-order valence-electron chi connectivity index (χ3n) is 14.3. The van der Waals surface area contributed by atoms with E-state index in [0.29, 0.717) is 56.2 Å². The van der Waals surface area contributed by atoms with Gasteiger partial charge in [-0.05, 0) is 61.9 Å². The standard InChI is InChI=1S/C50H54ClF2N7O7/c1-28-41-39(26-36(52)44(51)43(41)42-34(47(54)62)15-17-38(65-3)45(42)53)67-50(28,30-7-5-4-6-8-30)27-55-31-11-9-29(10-12-31)49(64)60-21-19-59(20-22-60)23-24-66-32-13-14-33-37(25-32)58(2)57-46(33)35-16-18-40(61)56-48(35)63/h4-8,13-15,17,25-26,28-29,31,35,55H,9-12,16,18-24,27H2,1-3H3,(H2,54,62)(H,56,61,63). The molecule has 4 heterocycles. The number of hydrogen-bond acceptors (Lipinski definition) is 10. The Balaban J connectivity index is 0.798. The fourth-order valence-electron chi connectivity index (χ4n) is 10.5. The maximum absolute atomic E-state index is 16.2. The van der Waals surface area contributed by atoms with Crippen LogP contribution in [0, 0.1) is 17.6 Å². The van der Waals surface area contributed by atoms with Crippen LogP contribution in [0.1, 0.15) is 84.5 Å². The zero-order chi connectivity index (χ0) is 47.1. The van der Waals surface area contributed by atoms with E-state index in [9.17, 15) is 19.2 Å². The molecule has 3 unspecified atom stereocenters. The van der Waals surface area contributed by atoms with Crippen LogP contribution in [-0.2, 0) is 27.0 Å². The normalized spacial score (nSPS) is 23.2. The van der Waals surface area contributed by atoms with Gasteiger partial charge >= 0.3 is 0 Å². The minimum atomic E-state index is -1.08. The molecule has 3 fully saturated rings. The second-order valence-electron chi connectivity index (χ2n) is 18.0. The molecule has 0 spiro atoms. The molecule has 67 heavy (non-hydrogen) atoms. The van der Waals surface area contributed by atoms with Crippen molar-refractivity contribution >= 4 is 46.1 Å². The van der Waals surface area contributed by atoms with Crippen molar-refractivity contribution in [1.29, 1.82) is 0 Å². The fraction of sp³-hybridized carbons (Fsp3) is 0.420. The lowest BCUT2D eigenvalue weighted by molar-refractivity contribution is -0.138. The van der Waals surface area contributed by atoms with Gasteiger partial charge in [-0.1, -0.05) is 48.9 Å². The van der Waals surface area contributed by atoms with Crippen LogP contribution >= 0.6 is 11.6 Å². The van der Waals surface area contributed by atoms with Gasteiger partial charge < -0.3 is 30.2 Å². The van der Waals surface area contributed by atoms with Crippen LogP contribution in [-0.4, -0.2) is 102 Å². The van der Waals surface area contributed by atoms with Crippen LogP contribution in [0.15, 0.2) is 66.7 Å². The number of nitrogens with one attached hydrogen (secondary N) is 2. The highest BCUT2D eigenvalue weighted by Gasteiger charge is 2.50. The van der Waals surface area contributed by atoms with Crippen molar-refractivity contribution < 1.29 is 42.2 Å². The topological polar surface area (TPSA) is 170 Å². The van der Waals surface area contributed by atoms with E-state index < -0.39 is 35.0 Å². The van der Waals surface area contributed by atoms with Gasteiger partial charge in [-0.15, -0.1) is 0 Å². The third-order valence-corrected chi connectivity index (χ3v) is 14.6. The number of nitrogens with two attached hydrogens (primary N) is 1. The summed E-state index contributed by atoms with van der Waals surface area (Å²) < 4.78 is 51.9. The monoisotopic (exact) mass is 937 g/mol. The van der Waals surface area contributed by atoms with Gasteiger partial charge in [-0.3, -0.25) is 34.1 Å². The lowest BCUT2D eigenvalue weighted by atomic mass is 9.77. The molecular weight excluding hydrogens is 884 g/mol. The first kappa shape index (κ1) is 46.0. The number of halogens is 3. The van der Waals surface area contributed by atoms with Crippen molar-refractivity contribution in [3.05, 3.63) is 106 Å². The number of imide groups is 1. The number of ether oxygens (including phenoxy) is 3. The molecule has 1 aliphatic carbocycles. The summed E-state index contributed by atoms with van der Waals surface area (Å²) in [5.41, 5.74) is 6.99. The van der Waals surface area contributed by atoms with Gasteiger partial charge in [-0.25, -0.2) is 8.78 Å². The average molecular weight is 938 g/mol. The lowest BCUT2D eigenvalue weighted by Crippen LogP contribution is -2.52. The molecule has 4 aromatic carbocycles. The Hall–Kier alpha value is -6.10. The molecule has 1 saturated carbocycles. The number of piperazine rings is 1. The third kappa shape index (κ3) is 8.70. The summed E-state index contributed by atoms with van der Waals surface area (Å²) >= 11 is 6.68. The van der Waals surface area contributed by atoms with Crippen LogP contribution in [0.2, 0.25) is 5.02 Å². The highest BCUT2D eigenvalue weighted by Crippen LogP contribution is 2.56. The van der Waals surface area contributed by atoms with E-state index in [1.54, 1.807) is 4.68 Å². The van der Waals surface area contributed by atoms with Crippen molar-refractivity contribution in [1.82, 2.24) is 30.2 Å². The predicted molar refractivity (Wildman–Crippen MR) is 247 cm³/mol. The zero-order valence-electron chi connectivity index (χ0n) is 37.7. The summed E-state index contributed by atoms with van der Waals surface area (Å²) in [6, 6.07) is 19.2. The van der Waals surface area contributed by atoms with Gasteiger partial charge in [0.05, 0.1) is 34.8 Å². The fourth-order valence-corrected chi connectivity index (χ4v) is 10.8. The SMILES string of the molecule is COc1ccc(C(N)=O)c(-c2c(Cl)c(F)cc3c2C(C)C(CNC2CCC(C(=O)N4CCN(CCOc5ccc6c(C7CCC(=O)NC7=O)nn(C)c6c5)CC4)CC2)(c2ccccc2)O3)c1F. The van der Waals surface area contributed by atoms with Crippen molar-refractivity contribution in [3.8, 4) is 28.4 Å². The minimum Gasteiger partial charge on any atom is -0.494 e. The van der Waals surface area contributed by atoms with E-state index in [1.807, 2.05) is 67.4 Å². The van der Waals surface area contributed by atoms with Crippen molar-refractivity contribution in [2.75, 3.05) is 53.0 Å². The molecule has 4 N–H and O–H groups in total. The van der Waals surface area contributed by atoms with E-state index >= 15 is 8.78 Å². The van der Waals surface area contributed by atoms with Crippen molar-refractivity contribution in [2.24, 2.45) is 18.7 Å². The first-order chi connectivity index (χ1) is 32.3. The van der Waals surface area contributed by atoms with Crippen molar-refractivity contribution in [2.45, 2.75) is 68.9 Å². The van der Waals surface area contributed by atoms with E-state index in [2.05, 4.69) is 20.6 Å². The molecule has 3 atom stereocenters. The van der Waals surface area contributed by atoms with Crippen LogP contribution in [0.25, 0.3) is 22.0 Å². The number of benzene rings is 4. The zero-order valence-corrected chi connectivity index (χ0v) is 38.5. The molecule has 5 aromatic rings. The second kappa shape index (κ2) is 18.9. The molecule has 17 heteroatoms. The van der Waals surface area contributed by atoms with Crippen molar-refractivity contribution in [3.63, 3.8) is 0 Å². The number of carbonyl (C=O) groups is 4. The predicted octanol–water partition coefficient (Wildman–Crippen LogP) is 6.56.